The first-order valence-corrected chi connectivity index (χ1v) is 3.97. The molecule has 1 aromatic heterocycles. The van der Waals surface area contributed by atoms with Crippen molar-refractivity contribution in [2.24, 2.45) is 0 Å². The van der Waals surface area contributed by atoms with Crippen molar-refractivity contribution >= 4 is 22.5 Å². The highest BCUT2D eigenvalue weighted by molar-refractivity contribution is 6.15. The van der Waals surface area contributed by atoms with Gasteiger partial charge in [-0.3, -0.25) is 0 Å². The van der Waals surface area contributed by atoms with Gasteiger partial charge in [-0.2, -0.15) is 0 Å². The van der Waals surface area contributed by atoms with Crippen LogP contribution in [-0.4, -0.2) is 4.57 Å². The molecular weight excluding hydrogens is 158 g/mol. The van der Waals surface area contributed by atoms with E-state index in [9.17, 15) is 0 Å². The van der Waals surface area contributed by atoms with Crippen LogP contribution in [0.4, 0.5) is 0 Å². The van der Waals surface area contributed by atoms with Gasteiger partial charge >= 0.3 is 0 Å². The number of aromatic nitrogens is 1. The molecule has 55 valence electrons. The lowest BCUT2D eigenvalue weighted by atomic mass is 10.2. The van der Waals surface area contributed by atoms with Gasteiger partial charge in [0.25, 0.3) is 0 Å². The largest absolute Gasteiger partial charge is 0.325 e. The molecule has 0 aliphatic carbocycles. The molecule has 0 atom stereocenters. The van der Waals surface area contributed by atoms with Crippen molar-refractivity contribution in [2.75, 3.05) is 0 Å². The lowest BCUT2D eigenvalue weighted by molar-refractivity contribution is 0.924. The summed E-state index contributed by atoms with van der Waals surface area (Å²) in [5, 5.41) is 1.19. The molecule has 11 heavy (non-hydrogen) atoms. The molecule has 0 aliphatic heterocycles. The van der Waals surface area contributed by atoms with Gasteiger partial charge in [-0.15, -0.1) is 11.6 Å². The lowest BCUT2D eigenvalue weighted by Crippen LogP contribution is -1.87. The van der Waals surface area contributed by atoms with E-state index in [4.69, 9.17) is 11.6 Å². The molecule has 0 fully saturated rings. The van der Waals surface area contributed by atoms with E-state index in [2.05, 4.69) is 12.3 Å². The van der Waals surface area contributed by atoms with Crippen LogP contribution in [0, 0.1) is 6.20 Å². The topological polar surface area (TPSA) is 4.93 Å². The Labute approximate surface area is 70.2 Å². The normalized spacial score (nSPS) is 10.6. The van der Waals surface area contributed by atoms with Crippen molar-refractivity contribution in [3.05, 3.63) is 36.5 Å². The molecule has 2 heteroatoms. The van der Waals surface area contributed by atoms with Gasteiger partial charge in [0.05, 0.1) is 12.2 Å². The van der Waals surface area contributed by atoms with E-state index in [1.807, 2.05) is 28.8 Å². The van der Waals surface area contributed by atoms with Crippen molar-refractivity contribution < 1.29 is 0 Å². The first-order chi connectivity index (χ1) is 5.42. The zero-order chi connectivity index (χ0) is 7.68. The van der Waals surface area contributed by atoms with Gasteiger partial charge in [-0.1, -0.05) is 18.2 Å². The molecule has 1 radical (unpaired) electrons. The van der Waals surface area contributed by atoms with Crippen LogP contribution < -0.4 is 0 Å². The average molecular weight is 165 g/mol. The van der Waals surface area contributed by atoms with Crippen LogP contribution in [0.25, 0.3) is 10.9 Å². The number of alkyl halides is 1. The maximum absolute atomic E-state index is 5.68. The third kappa shape index (κ3) is 1.02. The fourth-order valence-corrected chi connectivity index (χ4v) is 1.37. The Kier molecular flexibility index (Phi) is 1.59. The molecule has 1 nitrogen and oxygen atoms in total. The first-order valence-electron chi connectivity index (χ1n) is 3.44. The minimum atomic E-state index is 0.466. The van der Waals surface area contributed by atoms with Gasteiger partial charge in [0.1, 0.15) is 0 Å². The van der Waals surface area contributed by atoms with Gasteiger partial charge in [0.2, 0.25) is 0 Å². The third-order valence-corrected chi connectivity index (χ3v) is 1.96. The summed E-state index contributed by atoms with van der Waals surface area (Å²) in [4.78, 5) is 0. The summed E-state index contributed by atoms with van der Waals surface area (Å²) in [5.41, 5.74) is 1.14. The van der Waals surface area contributed by atoms with E-state index in [0.717, 1.165) is 5.52 Å². The zero-order valence-electron chi connectivity index (χ0n) is 5.92. The van der Waals surface area contributed by atoms with E-state index in [0.29, 0.717) is 6.00 Å². The molecule has 0 aliphatic rings. The maximum atomic E-state index is 5.68. The third-order valence-electron chi connectivity index (χ3n) is 1.72. The average Bonchev–Trinajstić information content (AvgIpc) is 2.47. The summed E-state index contributed by atoms with van der Waals surface area (Å²) in [7, 11) is 0. The fourth-order valence-electron chi connectivity index (χ4n) is 1.17. The molecule has 1 aromatic carbocycles. The van der Waals surface area contributed by atoms with E-state index < -0.39 is 0 Å². The Bertz CT molecular complexity index is 364. The predicted molar refractivity (Wildman–Crippen MR) is 46.6 cm³/mol. The molecule has 0 saturated carbocycles. The fraction of sp³-hybridized carbons (Fsp3) is 0.111. The standard InChI is InChI=1S/C9H7ClN/c10-7-11-6-5-8-3-1-2-4-9(8)11/h1-5H,7H2. The Balaban J connectivity index is 2.76. The van der Waals surface area contributed by atoms with Crippen LogP contribution in [0.2, 0.25) is 0 Å². The summed E-state index contributed by atoms with van der Waals surface area (Å²) in [5.74, 6) is 0. The van der Waals surface area contributed by atoms with Crippen LogP contribution in [-0.2, 0) is 6.00 Å². The molecule has 0 N–H and O–H groups in total. The van der Waals surface area contributed by atoms with Crippen LogP contribution in [0.1, 0.15) is 0 Å². The van der Waals surface area contributed by atoms with Crippen LogP contribution in [0.3, 0.4) is 0 Å². The minimum absolute atomic E-state index is 0.466. The monoisotopic (exact) mass is 164 g/mol. The number of nitrogens with zero attached hydrogens (tertiary/aromatic N) is 1. The number of hydrogen-bond acceptors (Lipinski definition) is 0. The molecule has 0 bridgehead atoms. The van der Waals surface area contributed by atoms with Crippen LogP contribution in [0.15, 0.2) is 30.3 Å². The van der Waals surface area contributed by atoms with Crippen molar-refractivity contribution in [1.82, 2.24) is 4.57 Å². The Morgan fingerprint density at radius 2 is 2.18 bits per heavy atom. The SMILES string of the molecule is ClCn1[c]cc2ccccc21. The van der Waals surface area contributed by atoms with E-state index in [1.165, 1.54) is 5.39 Å². The molecule has 0 saturated heterocycles. The van der Waals surface area contributed by atoms with Gasteiger partial charge in [0, 0.05) is 10.9 Å². The highest BCUT2D eigenvalue weighted by Gasteiger charge is 1.96. The molecule has 2 aromatic rings. The van der Waals surface area contributed by atoms with Gasteiger partial charge in [-0.25, -0.2) is 0 Å². The smallest absolute Gasteiger partial charge is 0.0978 e. The summed E-state index contributed by atoms with van der Waals surface area (Å²) >= 11 is 5.68. The second-order valence-electron chi connectivity index (χ2n) is 2.38. The minimum Gasteiger partial charge on any atom is -0.325 e. The molecular formula is C9H7ClN. The Hall–Kier alpha value is -0.950. The van der Waals surface area contributed by atoms with E-state index in [-0.39, 0.29) is 0 Å². The number of halogens is 1. The van der Waals surface area contributed by atoms with Gasteiger partial charge < -0.3 is 4.57 Å². The molecule has 1 heterocycles. The Morgan fingerprint density at radius 1 is 1.36 bits per heavy atom. The lowest BCUT2D eigenvalue weighted by Gasteiger charge is -1.96. The van der Waals surface area contributed by atoms with Crippen molar-refractivity contribution in [2.45, 2.75) is 6.00 Å². The van der Waals surface area contributed by atoms with Gasteiger partial charge in [-0.05, 0) is 12.1 Å². The second-order valence-corrected chi connectivity index (χ2v) is 2.62. The zero-order valence-corrected chi connectivity index (χ0v) is 6.67. The molecule has 2 rings (SSSR count). The molecule has 0 amide bonds. The predicted octanol–water partition coefficient (Wildman–Crippen LogP) is 2.64. The van der Waals surface area contributed by atoms with Crippen molar-refractivity contribution in [1.29, 1.82) is 0 Å². The quantitative estimate of drug-likeness (QED) is 0.571. The summed E-state index contributed by atoms with van der Waals surface area (Å²) in [6, 6.07) is 10.5. The first kappa shape index (κ1) is 6.74. The van der Waals surface area contributed by atoms with E-state index >= 15 is 0 Å². The van der Waals surface area contributed by atoms with Gasteiger partial charge in [0.15, 0.2) is 0 Å². The summed E-state index contributed by atoms with van der Waals surface area (Å²) < 4.78 is 1.89. The maximum Gasteiger partial charge on any atom is 0.0978 e. The number of benzene rings is 1. The number of fused-ring (bicyclic) bond motifs is 1. The highest BCUT2D eigenvalue weighted by Crippen LogP contribution is 2.14. The number of rotatable bonds is 1. The summed E-state index contributed by atoms with van der Waals surface area (Å²) in [6.45, 7) is 0. The van der Waals surface area contributed by atoms with Crippen molar-refractivity contribution in [3.63, 3.8) is 0 Å². The second kappa shape index (κ2) is 2.59. The number of para-hydroxylation sites is 1. The van der Waals surface area contributed by atoms with Crippen LogP contribution in [0.5, 0.6) is 0 Å². The highest BCUT2D eigenvalue weighted by atomic mass is 35.5. The van der Waals surface area contributed by atoms with Crippen LogP contribution >= 0.6 is 11.6 Å². The molecule has 0 spiro atoms. The van der Waals surface area contributed by atoms with Crippen molar-refractivity contribution in [3.8, 4) is 0 Å². The number of hydrogen-bond donors (Lipinski definition) is 0. The Morgan fingerprint density at radius 3 is 3.00 bits per heavy atom. The summed E-state index contributed by atoms with van der Waals surface area (Å²) in [6.07, 6.45) is 3.05. The van der Waals surface area contributed by atoms with E-state index in [1.54, 1.807) is 0 Å². The molecule has 0 unspecified atom stereocenters.